The van der Waals surface area contributed by atoms with Crippen molar-refractivity contribution in [3.63, 3.8) is 0 Å². The smallest absolute Gasteiger partial charge is 0.118 e. The van der Waals surface area contributed by atoms with E-state index < -0.39 is 0 Å². The van der Waals surface area contributed by atoms with Gasteiger partial charge < -0.3 is 9.47 Å². The molecule has 1 aliphatic heterocycles. The van der Waals surface area contributed by atoms with E-state index in [1.807, 2.05) is 12.1 Å². The van der Waals surface area contributed by atoms with Gasteiger partial charge in [0.2, 0.25) is 0 Å². The second kappa shape index (κ2) is 4.01. The lowest BCUT2D eigenvalue weighted by molar-refractivity contribution is 0.108. The summed E-state index contributed by atoms with van der Waals surface area (Å²) in [6.45, 7) is 3.11. The Morgan fingerprint density at radius 3 is 2.50 bits per heavy atom. The average molecular weight is 192 g/mol. The highest BCUT2D eigenvalue weighted by molar-refractivity contribution is 5.28. The molecule has 0 aromatic heterocycles. The Morgan fingerprint density at radius 1 is 1.29 bits per heavy atom. The fourth-order valence-corrected chi connectivity index (χ4v) is 1.83. The third-order valence-electron chi connectivity index (χ3n) is 2.69. The molecule has 2 atom stereocenters. The van der Waals surface area contributed by atoms with Crippen LogP contribution in [0.15, 0.2) is 24.3 Å². The van der Waals surface area contributed by atoms with Gasteiger partial charge in [-0.25, -0.2) is 0 Å². The zero-order valence-electron chi connectivity index (χ0n) is 8.69. The molecule has 2 nitrogen and oxygen atoms in total. The quantitative estimate of drug-likeness (QED) is 0.717. The fourth-order valence-electron chi connectivity index (χ4n) is 1.83. The third-order valence-corrected chi connectivity index (χ3v) is 2.69. The van der Waals surface area contributed by atoms with Gasteiger partial charge in [0.1, 0.15) is 5.75 Å². The summed E-state index contributed by atoms with van der Waals surface area (Å²) in [5.74, 6) is 1.59. The second-order valence-corrected chi connectivity index (χ2v) is 3.94. The largest absolute Gasteiger partial charge is 0.497 e. The Bertz CT molecular complexity index is 292. The number of methoxy groups -OCH3 is 1. The van der Waals surface area contributed by atoms with Crippen LogP contribution in [0.5, 0.6) is 5.75 Å². The number of benzene rings is 1. The Labute approximate surface area is 84.8 Å². The summed E-state index contributed by atoms with van der Waals surface area (Å²) >= 11 is 0. The molecule has 0 N–H and O–H groups in total. The minimum Gasteiger partial charge on any atom is -0.497 e. The van der Waals surface area contributed by atoms with Crippen LogP contribution < -0.4 is 4.74 Å². The van der Waals surface area contributed by atoms with E-state index in [1.54, 1.807) is 7.11 Å². The third kappa shape index (κ3) is 1.90. The molecule has 0 saturated carbocycles. The molecule has 14 heavy (non-hydrogen) atoms. The van der Waals surface area contributed by atoms with Crippen molar-refractivity contribution in [1.29, 1.82) is 0 Å². The summed E-state index contributed by atoms with van der Waals surface area (Å²) in [6.07, 6.45) is 1.42. The van der Waals surface area contributed by atoms with Crippen LogP contribution in [0.2, 0.25) is 0 Å². The summed E-state index contributed by atoms with van der Waals surface area (Å²) in [7, 11) is 1.68. The van der Waals surface area contributed by atoms with Crippen LogP contribution in [0.1, 0.15) is 25.0 Å². The van der Waals surface area contributed by atoms with E-state index in [0.717, 1.165) is 18.8 Å². The van der Waals surface area contributed by atoms with E-state index in [2.05, 4.69) is 19.1 Å². The van der Waals surface area contributed by atoms with Crippen molar-refractivity contribution in [3.8, 4) is 5.75 Å². The van der Waals surface area contributed by atoms with Gasteiger partial charge in [0.15, 0.2) is 0 Å². The lowest BCUT2D eigenvalue weighted by atomic mass is 10.0. The molecule has 0 bridgehead atoms. The highest BCUT2D eigenvalue weighted by Crippen LogP contribution is 2.32. The fraction of sp³-hybridized carbons (Fsp3) is 0.500. The predicted molar refractivity (Wildman–Crippen MR) is 55.5 cm³/mol. The van der Waals surface area contributed by atoms with Crippen molar-refractivity contribution in [1.82, 2.24) is 0 Å². The predicted octanol–water partition coefficient (Wildman–Crippen LogP) is 2.79. The van der Waals surface area contributed by atoms with E-state index in [-0.39, 0.29) is 6.10 Å². The topological polar surface area (TPSA) is 18.5 Å². The number of rotatable bonds is 2. The van der Waals surface area contributed by atoms with Gasteiger partial charge in [0.25, 0.3) is 0 Å². The molecule has 0 aliphatic carbocycles. The first kappa shape index (κ1) is 9.53. The molecule has 1 saturated heterocycles. The second-order valence-electron chi connectivity index (χ2n) is 3.94. The van der Waals surface area contributed by atoms with Crippen molar-refractivity contribution >= 4 is 0 Å². The van der Waals surface area contributed by atoms with Crippen molar-refractivity contribution < 1.29 is 9.47 Å². The van der Waals surface area contributed by atoms with Crippen LogP contribution in [0.4, 0.5) is 0 Å². The van der Waals surface area contributed by atoms with Gasteiger partial charge in [0, 0.05) is 0 Å². The molecule has 1 fully saturated rings. The maximum atomic E-state index is 5.68. The van der Waals surface area contributed by atoms with Gasteiger partial charge in [-0.05, 0) is 30.0 Å². The summed E-state index contributed by atoms with van der Waals surface area (Å²) in [5, 5.41) is 0. The highest BCUT2D eigenvalue weighted by atomic mass is 16.5. The molecule has 1 heterocycles. The van der Waals surface area contributed by atoms with Crippen molar-refractivity contribution in [2.75, 3.05) is 13.7 Å². The first-order chi connectivity index (χ1) is 6.79. The molecule has 1 aliphatic rings. The van der Waals surface area contributed by atoms with Crippen LogP contribution >= 0.6 is 0 Å². The molecule has 2 unspecified atom stereocenters. The minimum absolute atomic E-state index is 0.288. The number of hydrogen-bond donors (Lipinski definition) is 0. The summed E-state index contributed by atoms with van der Waals surface area (Å²) in [5.41, 5.74) is 1.26. The monoisotopic (exact) mass is 192 g/mol. The van der Waals surface area contributed by atoms with E-state index in [4.69, 9.17) is 9.47 Å². The first-order valence-electron chi connectivity index (χ1n) is 5.05. The molecule has 0 spiro atoms. The van der Waals surface area contributed by atoms with E-state index in [1.165, 1.54) is 5.56 Å². The van der Waals surface area contributed by atoms with Gasteiger partial charge in [0.05, 0.1) is 19.8 Å². The van der Waals surface area contributed by atoms with Crippen molar-refractivity contribution in [2.24, 2.45) is 5.92 Å². The molecule has 2 heteroatoms. The first-order valence-corrected chi connectivity index (χ1v) is 5.05. The van der Waals surface area contributed by atoms with Gasteiger partial charge >= 0.3 is 0 Å². The van der Waals surface area contributed by atoms with Crippen molar-refractivity contribution in [2.45, 2.75) is 19.4 Å². The average Bonchev–Trinajstić information content (AvgIpc) is 2.65. The zero-order chi connectivity index (χ0) is 9.97. The van der Waals surface area contributed by atoms with Crippen LogP contribution in [-0.2, 0) is 4.74 Å². The van der Waals surface area contributed by atoms with Gasteiger partial charge in [-0.2, -0.15) is 0 Å². The molecular weight excluding hydrogens is 176 g/mol. The lowest BCUT2D eigenvalue weighted by Gasteiger charge is -2.09. The van der Waals surface area contributed by atoms with Crippen LogP contribution in [-0.4, -0.2) is 13.7 Å². The molecule has 2 rings (SSSR count). The minimum atomic E-state index is 0.288. The molecule has 1 aromatic rings. The van der Waals surface area contributed by atoms with Crippen LogP contribution in [0.3, 0.4) is 0 Å². The van der Waals surface area contributed by atoms with E-state index >= 15 is 0 Å². The number of hydrogen-bond acceptors (Lipinski definition) is 2. The standard InChI is InChI=1S/C12H16O2/c1-9-7-12(14-8-9)10-3-5-11(13-2)6-4-10/h3-6,9,12H,7-8H2,1-2H3. The van der Waals surface area contributed by atoms with Gasteiger partial charge in [-0.1, -0.05) is 19.1 Å². The molecular formula is C12H16O2. The highest BCUT2D eigenvalue weighted by Gasteiger charge is 2.23. The van der Waals surface area contributed by atoms with E-state index in [9.17, 15) is 0 Å². The Morgan fingerprint density at radius 2 is 2.00 bits per heavy atom. The van der Waals surface area contributed by atoms with E-state index in [0.29, 0.717) is 5.92 Å². The maximum Gasteiger partial charge on any atom is 0.118 e. The van der Waals surface area contributed by atoms with Gasteiger partial charge in [-0.15, -0.1) is 0 Å². The Balaban J connectivity index is 2.09. The van der Waals surface area contributed by atoms with Crippen molar-refractivity contribution in [3.05, 3.63) is 29.8 Å². The normalized spacial score (nSPS) is 26.4. The Kier molecular flexibility index (Phi) is 2.73. The molecule has 1 aromatic carbocycles. The molecule has 0 amide bonds. The van der Waals surface area contributed by atoms with Gasteiger partial charge in [-0.3, -0.25) is 0 Å². The van der Waals surface area contributed by atoms with Crippen LogP contribution in [0, 0.1) is 5.92 Å². The zero-order valence-corrected chi connectivity index (χ0v) is 8.69. The summed E-state index contributed by atoms with van der Waals surface area (Å²) in [6, 6.07) is 8.15. The van der Waals surface area contributed by atoms with Crippen LogP contribution in [0.25, 0.3) is 0 Å². The molecule has 76 valence electrons. The number of ether oxygens (including phenoxy) is 2. The maximum absolute atomic E-state index is 5.68. The SMILES string of the molecule is COc1ccc(C2CC(C)CO2)cc1. The Hall–Kier alpha value is -1.02. The lowest BCUT2D eigenvalue weighted by Crippen LogP contribution is -1.95. The summed E-state index contributed by atoms with van der Waals surface area (Å²) < 4.78 is 10.8. The molecule has 0 radical (unpaired) electrons. The summed E-state index contributed by atoms with van der Waals surface area (Å²) in [4.78, 5) is 0.